The van der Waals surface area contributed by atoms with Crippen LogP contribution in [-0.4, -0.2) is 5.78 Å². The first-order chi connectivity index (χ1) is 3.43. The molecule has 0 spiro atoms. The number of carbonyl (C=O) groups excluding carboxylic acids is 1. The molecule has 0 aromatic rings. The van der Waals surface area contributed by atoms with Gasteiger partial charge in [-0.2, -0.15) is 0 Å². The summed E-state index contributed by atoms with van der Waals surface area (Å²) in [5.41, 5.74) is 0. The topological polar surface area (TPSA) is 11.3 Å². The molecule has 2 heteroatoms. The fourth-order valence-electron chi connectivity index (χ4n) is 0.853. The van der Waals surface area contributed by atoms with Gasteiger partial charge in [-0.05, 0) is 12.8 Å². The highest BCUT2D eigenvalue weighted by atomic mass is 32.1. The van der Waals surface area contributed by atoms with Crippen LogP contribution in [0.15, 0.2) is 0 Å². The van der Waals surface area contributed by atoms with Crippen LogP contribution in [0.25, 0.3) is 0 Å². The standard InChI is InChI=1S/C5H8OS/c7-6-5-3-1-2-4-5/h1-4H2. The molecule has 0 unspecified atom stereocenters. The summed E-state index contributed by atoms with van der Waals surface area (Å²) in [6, 6.07) is 0. The molecule has 1 fully saturated rings. The minimum atomic E-state index is 1.10. The van der Waals surface area contributed by atoms with Gasteiger partial charge in [0.15, 0.2) is 0 Å². The summed E-state index contributed by atoms with van der Waals surface area (Å²) in [6.45, 7) is 0. The second-order valence-corrected chi connectivity index (χ2v) is 2.00. The van der Waals surface area contributed by atoms with E-state index in [-0.39, 0.29) is 0 Å². The van der Waals surface area contributed by atoms with Crippen LogP contribution in [0, 0.1) is 0 Å². The van der Waals surface area contributed by atoms with Crippen molar-refractivity contribution in [1.82, 2.24) is 0 Å². The van der Waals surface area contributed by atoms with Crippen molar-refractivity contribution >= 4 is 18.7 Å². The first-order valence-corrected chi connectivity index (χ1v) is 2.91. The van der Waals surface area contributed by atoms with Crippen molar-refractivity contribution in [1.29, 1.82) is 0 Å². The lowest BCUT2D eigenvalue weighted by Gasteiger charge is -1.76. The fourth-order valence-corrected chi connectivity index (χ4v) is 1.02. The van der Waals surface area contributed by atoms with E-state index in [9.17, 15) is 0 Å². The van der Waals surface area contributed by atoms with Gasteiger partial charge in [-0.15, -0.1) is 0 Å². The molecule has 0 atom stereocenters. The predicted molar refractivity (Wildman–Crippen MR) is 30.8 cm³/mol. The number of ketones is 1. The molecule has 1 aliphatic carbocycles. The fraction of sp³-hybridized carbons (Fsp3) is 0.800. The predicted octanol–water partition coefficient (Wildman–Crippen LogP) is 1.13. The Morgan fingerprint density at radius 1 is 1.29 bits per heavy atom. The third-order valence-corrected chi connectivity index (χ3v) is 1.51. The van der Waals surface area contributed by atoms with Crippen molar-refractivity contribution in [2.24, 2.45) is 0 Å². The van der Waals surface area contributed by atoms with Crippen molar-refractivity contribution in [3.63, 3.8) is 0 Å². The Bertz CT molecular complexity index is 80.1. The van der Waals surface area contributed by atoms with Gasteiger partial charge in [-0.3, -0.25) is 0 Å². The molecule has 0 aliphatic heterocycles. The van der Waals surface area contributed by atoms with Crippen LogP contribution in [-0.2, 0) is 16.8 Å². The molecule has 0 amide bonds. The van der Waals surface area contributed by atoms with E-state index in [1.807, 2.05) is 0 Å². The van der Waals surface area contributed by atoms with E-state index >= 15 is 0 Å². The highest BCUT2D eigenvalue weighted by Gasteiger charge is 2.14. The van der Waals surface area contributed by atoms with E-state index in [2.05, 4.69) is 16.8 Å². The Labute approximate surface area is 49.0 Å². The molecule has 40 valence electrons. The maximum atomic E-state index is 4.61. The summed E-state index contributed by atoms with van der Waals surface area (Å²) in [6.07, 6.45) is 4.74. The first kappa shape index (κ1) is 5.04. The maximum Gasteiger partial charge on any atom is 0.276 e. The van der Waals surface area contributed by atoms with Crippen LogP contribution < -0.4 is 0 Å². The third kappa shape index (κ3) is 1.13. The van der Waals surface area contributed by atoms with Gasteiger partial charge in [0.1, 0.15) is 0 Å². The molecule has 0 aromatic carbocycles. The summed E-state index contributed by atoms with van der Waals surface area (Å²) >= 11 is 4.37. The van der Waals surface area contributed by atoms with Gasteiger partial charge in [-0.25, -0.2) is 12.9 Å². The van der Waals surface area contributed by atoms with E-state index in [1.165, 1.54) is 12.8 Å². The van der Waals surface area contributed by atoms with Gasteiger partial charge in [0.25, 0.3) is 5.78 Å². The largest absolute Gasteiger partial charge is 0.357 e. The lowest BCUT2D eigenvalue weighted by Crippen LogP contribution is -1.88. The Kier molecular flexibility index (Phi) is 1.63. The van der Waals surface area contributed by atoms with Gasteiger partial charge in [0, 0.05) is 0 Å². The summed E-state index contributed by atoms with van der Waals surface area (Å²) in [4.78, 5) is 0. The zero-order chi connectivity index (χ0) is 5.11. The third-order valence-electron chi connectivity index (χ3n) is 1.28. The SMILES string of the molecule is [S-][O+]=C1CCCC1. The van der Waals surface area contributed by atoms with Crippen molar-refractivity contribution in [3.8, 4) is 0 Å². The van der Waals surface area contributed by atoms with Gasteiger partial charge >= 0.3 is 0 Å². The maximum absolute atomic E-state index is 4.61. The Morgan fingerprint density at radius 2 is 1.86 bits per heavy atom. The average Bonchev–Trinajstić information content (AvgIpc) is 2.14. The Morgan fingerprint density at radius 3 is 2.14 bits per heavy atom. The Balaban J connectivity index is 2.41. The zero-order valence-electron chi connectivity index (χ0n) is 4.14. The van der Waals surface area contributed by atoms with E-state index in [4.69, 9.17) is 0 Å². The minimum absolute atomic E-state index is 1.10. The summed E-state index contributed by atoms with van der Waals surface area (Å²) in [5.74, 6) is 1.11. The summed E-state index contributed by atoms with van der Waals surface area (Å²) in [7, 11) is 0. The zero-order valence-corrected chi connectivity index (χ0v) is 4.96. The molecule has 0 N–H and O–H groups in total. The summed E-state index contributed by atoms with van der Waals surface area (Å²) < 4.78 is 4.61. The van der Waals surface area contributed by atoms with Crippen LogP contribution in [0.4, 0.5) is 0 Å². The van der Waals surface area contributed by atoms with Gasteiger partial charge < -0.3 is 3.87 Å². The molecule has 7 heavy (non-hydrogen) atoms. The lowest BCUT2D eigenvalue weighted by molar-refractivity contribution is -0.244. The molecule has 1 nitrogen and oxygen atoms in total. The van der Waals surface area contributed by atoms with Crippen LogP contribution in [0.2, 0.25) is 0 Å². The highest BCUT2D eigenvalue weighted by molar-refractivity contribution is 7.50. The van der Waals surface area contributed by atoms with Gasteiger partial charge in [0.05, 0.1) is 12.8 Å². The smallest absolute Gasteiger partial charge is 0.276 e. The minimum Gasteiger partial charge on any atom is -0.357 e. The normalized spacial score (nSPS) is 20.3. The number of hydrogen-bond donors (Lipinski definition) is 0. The molecular weight excluding hydrogens is 108 g/mol. The molecule has 1 saturated carbocycles. The van der Waals surface area contributed by atoms with E-state index in [1.54, 1.807) is 0 Å². The van der Waals surface area contributed by atoms with Gasteiger partial charge in [0.2, 0.25) is 0 Å². The van der Waals surface area contributed by atoms with Crippen molar-refractivity contribution in [2.75, 3.05) is 0 Å². The van der Waals surface area contributed by atoms with Crippen molar-refractivity contribution in [3.05, 3.63) is 0 Å². The van der Waals surface area contributed by atoms with E-state index in [0.717, 1.165) is 18.6 Å². The van der Waals surface area contributed by atoms with E-state index in [0.29, 0.717) is 0 Å². The molecule has 1 aliphatic rings. The second-order valence-electron chi connectivity index (χ2n) is 1.83. The van der Waals surface area contributed by atoms with Crippen LogP contribution in [0.5, 0.6) is 0 Å². The molecule has 0 radical (unpaired) electrons. The second kappa shape index (κ2) is 2.26. The molecule has 1 rings (SSSR count). The number of hydrogen-bond acceptors (Lipinski definition) is 1. The molecule has 0 bridgehead atoms. The Hall–Kier alpha value is -0.110. The lowest BCUT2D eigenvalue weighted by atomic mass is 10.4. The monoisotopic (exact) mass is 116 g/mol. The first-order valence-electron chi connectivity index (χ1n) is 2.58. The van der Waals surface area contributed by atoms with Gasteiger partial charge in [-0.1, -0.05) is 0 Å². The van der Waals surface area contributed by atoms with Crippen molar-refractivity contribution in [2.45, 2.75) is 25.7 Å². The molecule has 0 aromatic heterocycles. The summed E-state index contributed by atoms with van der Waals surface area (Å²) in [5, 5.41) is 0. The molecular formula is C5H8OS. The van der Waals surface area contributed by atoms with E-state index < -0.39 is 0 Å². The van der Waals surface area contributed by atoms with Crippen molar-refractivity contribution < 1.29 is 3.87 Å². The molecule has 0 saturated heterocycles. The average molecular weight is 116 g/mol. The quantitative estimate of drug-likeness (QED) is 0.341. The van der Waals surface area contributed by atoms with Crippen LogP contribution >= 0.6 is 0 Å². The highest BCUT2D eigenvalue weighted by Crippen LogP contribution is 2.12. The van der Waals surface area contributed by atoms with Crippen LogP contribution in [0.3, 0.4) is 0 Å². The number of rotatable bonds is 0. The van der Waals surface area contributed by atoms with Crippen LogP contribution in [0.1, 0.15) is 25.7 Å². The molecule has 0 heterocycles.